The quantitative estimate of drug-likeness (QED) is 0.312. The summed E-state index contributed by atoms with van der Waals surface area (Å²) >= 11 is 0. The molecule has 0 bridgehead atoms. The lowest BCUT2D eigenvalue weighted by molar-refractivity contribution is -0.00477. The summed E-state index contributed by atoms with van der Waals surface area (Å²) in [6.45, 7) is 9.15. The van der Waals surface area contributed by atoms with Gasteiger partial charge in [-0.05, 0) is 36.3 Å². The van der Waals surface area contributed by atoms with Crippen molar-refractivity contribution in [2.75, 3.05) is 20.9 Å². The van der Waals surface area contributed by atoms with Crippen molar-refractivity contribution in [3.8, 4) is 0 Å². The van der Waals surface area contributed by atoms with Gasteiger partial charge in [-0.25, -0.2) is 4.79 Å². The molecule has 0 radical (unpaired) electrons. The van der Waals surface area contributed by atoms with Crippen LogP contribution in [0.4, 0.5) is 4.39 Å². The molecule has 1 saturated heterocycles. The summed E-state index contributed by atoms with van der Waals surface area (Å²) in [7, 11) is -3.63. The topological polar surface area (TPSA) is 115 Å². The third kappa shape index (κ3) is 6.48. The van der Waals surface area contributed by atoms with E-state index in [1.807, 2.05) is 33.9 Å². The van der Waals surface area contributed by atoms with Crippen LogP contribution in [0.2, 0.25) is 18.1 Å². The van der Waals surface area contributed by atoms with Crippen LogP contribution in [-0.2, 0) is 22.8 Å². The Balaban J connectivity index is 2.12. The van der Waals surface area contributed by atoms with Crippen molar-refractivity contribution in [3.63, 3.8) is 0 Å². The second-order valence-electron chi connectivity index (χ2n) is 10.7. The van der Waals surface area contributed by atoms with Crippen LogP contribution < -0.4 is 11.2 Å². The summed E-state index contributed by atoms with van der Waals surface area (Å²) in [6, 6.07) is 8.93. The first-order chi connectivity index (χ1) is 18.2. The van der Waals surface area contributed by atoms with Crippen molar-refractivity contribution in [1.82, 2.24) is 9.13 Å². The van der Waals surface area contributed by atoms with Crippen molar-refractivity contribution >= 4 is 21.8 Å². The molecule has 0 N–H and O–H groups in total. The lowest BCUT2D eigenvalue weighted by atomic mass is 10.0. The molecule has 0 saturated carbocycles. The average Bonchev–Trinajstić information content (AvgIpc) is 3.23. The molecule has 1 aromatic heterocycles. The van der Waals surface area contributed by atoms with Crippen molar-refractivity contribution in [2.45, 2.75) is 57.3 Å². The normalized spacial score (nSPS) is 22.5. The van der Waals surface area contributed by atoms with E-state index in [9.17, 15) is 23.3 Å². The fourth-order valence-corrected chi connectivity index (χ4v) is 6.09. The zero-order valence-corrected chi connectivity index (χ0v) is 25.1. The fraction of sp³-hybridized carbons (Fsp3) is 0.500. The van der Waals surface area contributed by atoms with E-state index in [0.717, 1.165) is 10.6 Å². The minimum Gasteiger partial charge on any atom is -0.410 e. The summed E-state index contributed by atoms with van der Waals surface area (Å²) < 4.78 is 51.6. The van der Waals surface area contributed by atoms with E-state index in [4.69, 9.17) is 18.2 Å². The Morgan fingerprint density at radius 1 is 1.13 bits per heavy atom. The Labute approximate surface area is 228 Å². The first-order valence-corrected chi connectivity index (χ1v) is 17.0. The molecular formula is C26H36FN2O8PSi. The van der Waals surface area contributed by atoms with Gasteiger partial charge >= 0.3 is 13.3 Å². The minimum absolute atomic E-state index is 0.138. The van der Waals surface area contributed by atoms with Crippen molar-refractivity contribution in [2.24, 2.45) is 5.92 Å². The molecule has 2 aromatic rings. The summed E-state index contributed by atoms with van der Waals surface area (Å²) in [5.41, 5.74) is -1.67. The number of benzene rings is 1. The SMILES string of the molecule is COP(=O)(/C=C/[C@H]1O[C@@H](n2ccc(=O)n(C(=O)c3ccccc3)c2=O)[C@H](CF)[C@@H]1O[Si](C)(C)C(C)(C)C)OC. The Hall–Kier alpha value is -2.47. The molecule has 1 fully saturated rings. The molecule has 13 heteroatoms. The predicted molar refractivity (Wildman–Crippen MR) is 147 cm³/mol. The van der Waals surface area contributed by atoms with E-state index in [-0.39, 0.29) is 10.6 Å². The second kappa shape index (κ2) is 12.0. The van der Waals surface area contributed by atoms with E-state index in [1.165, 1.54) is 44.4 Å². The molecule has 4 atom stereocenters. The lowest BCUT2D eigenvalue weighted by Gasteiger charge is -2.40. The summed E-state index contributed by atoms with van der Waals surface area (Å²) in [6.07, 6.45) is -0.453. The van der Waals surface area contributed by atoms with E-state index < -0.39 is 64.1 Å². The molecule has 1 aromatic carbocycles. The van der Waals surface area contributed by atoms with E-state index >= 15 is 0 Å². The summed E-state index contributed by atoms with van der Waals surface area (Å²) in [4.78, 5) is 39.1. The molecule has 0 aliphatic carbocycles. The van der Waals surface area contributed by atoms with E-state index in [1.54, 1.807) is 18.2 Å². The van der Waals surface area contributed by atoms with Gasteiger partial charge in [-0.15, -0.1) is 0 Å². The monoisotopic (exact) mass is 582 g/mol. The lowest BCUT2D eigenvalue weighted by Crippen LogP contribution is -2.48. The van der Waals surface area contributed by atoms with Crippen LogP contribution in [0.15, 0.2) is 64.1 Å². The highest BCUT2D eigenvalue weighted by Gasteiger charge is 2.50. The van der Waals surface area contributed by atoms with Crippen LogP contribution in [0.25, 0.3) is 0 Å². The van der Waals surface area contributed by atoms with Gasteiger partial charge in [0, 0.05) is 37.9 Å². The van der Waals surface area contributed by atoms with Crippen LogP contribution in [0, 0.1) is 5.92 Å². The number of nitrogens with zero attached hydrogens (tertiary/aromatic N) is 2. The van der Waals surface area contributed by atoms with Gasteiger partial charge in [0.05, 0.1) is 18.7 Å². The average molecular weight is 583 g/mol. The molecular weight excluding hydrogens is 546 g/mol. The third-order valence-electron chi connectivity index (χ3n) is 7.30. The Bertz CT molecular complexity index is 1360. The number of ether oxygens (including phenoxy) is 1. The molecule has 0 amide bonds. The standard InChI is InChI=1S/C26H36FN2O8PSi/c1-26(2,3)39(6,7)37-22-19(17-27)24(36-20(22)14-16-38(33,34-4)35-5)28-15-13-21(30)29(25(28)32)23(31)18-11-9-8-10-12-18/h8-16,19-20,22,24H,17H2,1-7H3/b16-14+/t19-,20-,22+,24-/m1/s1. The van der Waals surface area contributed by atoms with E-state index in [2.05, 4.69) is 0 Å². The maximum absolute atomic E-state index is 14.7. The van der Waals surface area contributed by atoms with Gasteiger partial charge in [-0.2, -0.15) is 4.57 Å². The molecule has 214 valence electrons. The van der Waals surface area contributed by atoms with Crippen LogP contribution >= 0.6 is 7.60 Å². The molecule has 1 aliphatic heterocycles. The predicted octanol–water partition coefficient (Wildman–Crippen LogP) is 4.57. The molecule has 3 rings (SSSR count). The highest BCUT2D eigenvalue weighted by Crippen LogP contribution is 2.49. The Morgan fingerprint density at radius 3 is 2.28 bits per heavy atom. The van der Waals surface area contributed by atoms with Crippen molar-refractivity contribution < 1.29 is 32.0 Å². The first kappa shape index (κ1) is 31.1. The third-order valence-corrected chi connectivity index (χ3v) is 13.3. The van der Waals surface area contributed by atoms with E-state index in [0.29, 0.717) is 4.57 Å². The van der Waals surface area contributed by atoms with Gasteiger partial charge in [-0.1, -0.05) is 39.0 Å². The molecule has 2 heterocycles. The molecule has 0 unspecified atom stereocenters. The summed E-state index contributed by atoms with van der Waals surface area (Å²) in [5.74, 6) is -0.602. The van der Waals surface area contributed by atoms with Crippen LogP contribution in [0.5, 0.6) is 0 Å². The minimum atomic E-state index is -3.59. The number of hydrogen-bond acceptors (Lipinski definition) is 8. The van der Waals surface area contributed by atoms with Crippen LogP contribution in [0.3, 0.4) is 0 Å². The number of rotatable bonds is 9. The van der Waals surface area contributed by atoms with Crippen LogP contribution in [-0.4, -0.2) is 56.5 Å². The number of carbonyl (C=O) groups is 1. The number of carbonyl (C=O) groups excluding carboxylic acids is 1. The number of hydrogen-bond donors (Lipinski definition) is 0. The molecule has 10 nitrogen and oxygen atoms in total. The Morgan fingerprint density at radius 2 is 1.74 bits per heavy atom. The van der Waals surface area contributed by atoms with Gasteiger partial charge in [0.15, 0.2) is 8.32 Å². The smallest absolute Gasteiger partial charge is 0.353 e. The number of aromatic nitrogens is 2. The highest BCUT2D eigenvalue weighted by atomic mass is 31.2. The number of alkyl halides is 1. The number of halogens is 1. The highest BCUT2D eigenvalue weighted by molar-refractivity contribution is 7.57. The van der Waals surface area contributed by atoms with Crippen LogP contribution in [0.1, 0.15) is 37.4 Å². The zero-order chi connectivity index (χ0) is 29.2. The maximum Gasteiger partial charge on any atom is 0.353 e. The van der Waals surface area contributed by atoms with Crippen molar-refractivity contribution in [1.29, 1.82) is 0 Å². The largest absolute Gasteiger partial charge is 0.410 e. The fourth-order valence-electron chi connectivity index (χ4n) is 3.98. The van der Waals surface area contributed by atoms with Gasteiger partial charge < -0.3 is 18.2 Å². The molecule has 1 aliphatic rings. The summed E-state index contributed by atoms with van der Waals surface area (Å²) in [5, 5.41) is -0.235. The second-order valence-corrected chi connectivity index (χ2v) is 17.6. The molecule has 0 spiro atoms. The van der Waals surface area contributed by atoms with Crippen molar-refractivity contribution in [3.05, 3.63) is 80.9 Å². The Kier molecular flexibility index (Phi) is 9.52. The molecule has 39 heavy (non-hydrogen) atoms. The first-order valence-electron chi connectivity index (χ1n) is 12.4. The van der Waals surface area contributed by atoms with Gasteiger partial charge in [0.1, 0.15) is 12.3 Å². The van der Waals surface area contributed by atoms with Gasteiger partial charge in [0.25, 0.3) is 11.5 Å². The van der Waals surface area contributed by atoms with Gasteiger partial charge in [0.2, 0.25) is 0 Å². The zero-order valence-electron chi connectivity index (χ0n) is 23.2. The maximum atomic E-state index is 14.7. The van der Waals surface area contributed by atoms with Gasteiger partial charge in [-0.3, -0.25) is 23.1 Å².